The van der Waals surface area contributed by atoms with Gasteiger partial charge in [0.2, 0.25) is 0 Å². The second-order valence-electron chi connectivity index (χ2n) is 5.81. The molecular weight excluding hydrogens is 228 g/mol. The van der Waals surface area contributed by atoms with E-state index in [9.17, 15) is 9.90 Å². The summed E-state index contributed by atoms with van der Waals surface area (Å²) in [4.78, 5) is 12.0. The number of benzene rings is 1. The van der Waals surface area contributed by atoms with Gasteiger partial charge in [0.05, 0.1) is 0 Å². The third-order valence-corrected chi connectivity index (χ3v) is 3.56. The normalized spacial score (nSPS) is 22.4. The van der Waals surface area contributed by atoms with Crippen LogP contribution in [0.3, 0.4) is 0 Å². The zero-order valence-electron chi connectivity index (χ0n) is 11.0. The van der Waals surface area contributed by atoms with Gasteiger partial charge in [0.1, 0.15) is 17.4 Å². The predicted molar refractivity (Wildman–Crippen MR) is 69.6 cm³/mol. The predicted octanol–water partition coefficient (Wildman–Crippen LogP) is 3.52. The number of para-hydroxylation sites is 1. The first kappa shape index (κ1) is 12.9. The number of rotatable bonds is 2. The lowest BCUT2D eigenvalue weighted by atomic mass is 9.76. The maximum atomic E-state index is 12.0. The van der Waals surface area contributed by atoms with Crippen molar-refractivity contribution in [3.8, 4) is 5.75 Å². The molecule has 1 unspecified atom stereocenters. The van der Waals surface area contributed by atoms with E-state index < -0.39 is 5.97 Å². The summed E-state index contributed by atoms with van der Waals surface area (Å²) in [6.07, 6.45) is 4.05. The van der Waals surface area contributed by atoms with Gasteiger partial charge in [0.25, 0.3) is 0 Å². The van der Waals surface area contributed by atoms with Crippen molar-refractivity contribution in [3.63, 3.8) is 0 Å². The van der Waals surface area contributed by atoms with E-state index in [0.29, 0.717) is 0 Å². The first-order valence-corrected chi connectivity index (χ1v) is 6.47. The van der Waals surface area contributed by atoms with Gasteiger partial charge in [-0.25, -0.2) is 4.79 Å². The number of phenols is 1. The van der Waals surface area contributed by atoms with Gasteiger partial charge in [-0.15, -0.1) is 0 Å². The maximum absolute atomic E-state index is 12.0. The van der Waals surface area contributed by atoms with Crippen molar-refractivity contribution < 1.29 is 14.6 Å². The molecule has 1 atom stereocenters. The Balaban J connectivity index is 2.02. The molecule has 2 rings (SSSR count). The molecule has 1 fully saturated rings. The molecule has 0 radical (unpaired) electrons. The van der Waals surface area contributed by atoms with E-state index in [4.69, 9.17) is 4.74 Å². The maximum Gasteiger partial charge on any atom is 0.342 e. The van der Waals surface area contributed by atoms with Crippen molar-refractivity contribution in [1.29, 1.82) is 0 Å². The topological polar surface area (TPSA) is 46.5 Å². The minimum absolute atomic E-state index is 0.0161. The zero-order valence-corrected chi connectivity index (χ0v) is 11.0. The largest absolute Gasteiger partial charge is 0.507 e. The molecule has 3 nitrogen and oxygen atoms in total. The Hall–Kier alpha value is -1.51. The van der Waals surface area contributed by atoms with Crippen LogP contribution < -0.4 is 0 Å². The van der Waals surface area contributed by atoms with Crippen LogP contribution in [0.5, 0.6) is 5.75 Å². The lowest BCUT2D eigenvalue weighted by Gasteiger charge is -2.34. The van der Waals surface area contributed by atoms with Crippen LogP contribution in [0, 0.1) is 5.41 Å². The number of carbonyl (C=O) groups is 1. The van der Waals surface area contributed by atoms with Gasteiger partial charge < -0.3 is 9.84 Å². The van der Waals surface area contributed by atoms with Crippen molar-refractivity contribution in [3.05, 3.63) is 29.8 Å². The molecule has 0 bridgehead atoms. The van der Waals surface area contributed by atoms with Gasteiger partial charge in [0.15, 0.2) is 0 Å². The van der Waals surface area contributed by atoms with E-state index in [1.165, 1.54) is 12.5 Å². The highest BCUT2D eigenvalue weighted by Gasteiger charge is 2.30. The summed E-state index contributed by atoms with van der Waals surface area (Å²) >= 11 is 0. The van der Waals surface area contributed by atoms with Crippen LogP contribution in [-0.2, 0) is 4.74 Å². The minimum Gasteiger partial charge on any atom is -0.507 e. The summed E-state index contributed by atoms with van der Waals surface area (Å²) in [5.74, 6) is -0.437. The molecule has 0 saturated heterocycles. The van der Waals surface area contributed by atoms with Gasteiger partial charge in [-0.2, -0.15) is 0 Å². The van der Waals surface area contributed by atoms with E-state index in [-0.39, 0.29) is 22.8 Å². The Morgan fingerprint density at radius 3 is 2.78 bits per heavy atom. The van der Waals surface area contributed by atoms with Crippen LogP contribution in [0.25, 0.3) is 0 Å². The second-order valence-corrected chi connectivity index (χ2v) is 5.81. The van der Waals surface area contributed by atoms with Crippen LogP contribution in [0.15, 0.2) is 24.3 Å². The number of esters is 1. The van der Waals surface area contributed by atoms with E-state index in [0.717, 1.165) is 19.3 Å². The molecule has 1 aromatic carbocycles. The SMILES string of the molecule is CC1(C)CCCC(OC(=O)c2ccccc2O)C1. The molecule has 0 aromatic heterocycles. The summed E-state index contributed by atoms with van der Waals surface area (Å²) in [7, 11) is 0. The third kappa shape index (κ3) is 3.03. The first-order valence-electron chi connectivity index (χ1n) is 6.47. The number of hydrogen-bond acceptors (Lipinski definition) is 3. The molecule has 0 aliphatic heterocycles. The number of carbonyl (C=O) groups excluding carboxylic acids is 1. The van der Waals surface area contributed by atoms with Gasteiger partial charge >= 0.3 is 5.97 Å². The summed E-state index contributed by atoms with van der Waals surface area (Å²) in [5, 5.41) is 9.61. The third-order valence-electron chi connectivity index (χ3n) is 3.56. The highest BCUT2D eigenvalue weighted by atomic mass is 16.5. The molecule has 0 amide bonds. The van der Waals surface area contributed by atoms with Crippen molar-refractivity contribution in [2.45, 2.75) is 45.6 Å². The zero-order chi connectivity index (χ0) is 13.2. The Morgan fingerprint density at radius 1 is 1.39 bits per heavy atom. The molecule has 18 heavy (non-hydrogen) atoms. The summed E-state index contributed by atoms with van der Waals surface area (Å²) in [5.41, 5.74) is 0.489. The van der Waals surface area contributed by atoms with Crippen LogP contribution in [0.2, 0.25) is 0 Å². The highest BCUT2D eigenvalue weighted by Crippen LogP contribution is 2.36. The smallest absolute Gasteiger partial charge is 0.342 e. The Bertz CT molecular complexity index is 437. The fourth-order valence-corrected chi connectivity index (χ4v) is 2.59. The van der Waals surface area contributed by atoms with E-state index in [2.05, 4.69) is 13.8 Å². The molecule has 1 aliphatic rings. The monoisotopic (exact) mass is 248 g/mol. The molecule has 1 N–H and O–H groups in total. The average molecular weight is 248 g/mol. The highest BCUT2D eigenvalue weighted by molar-refractivity contribution is 5.92. The van der Waals surface area contributed by atoms with Crippen molar-refractivity contribution in [2.24, 2.45) is 5.41 Å². The van der Waals surface area contributed by atoms with Gasteiger partial charge in [0, 0.05) is 0 Å². The molecule has 3 heteroatoms. The standard InChI is InChI=1S/C15H20O3/c1-15(2)9-5-6-11(10-15)18-14(17)12-7-3-4-8-13(12)16/h3-4,7-8,11,16H,5-6,9-10H2,1-2H3. The second kappa shape index (κ2) is 5.01. The molecule has 0 heterocycles. The fraction of sp³-hybridized carbons (Fsp3) is 0.533. The Labute approximate surface area is 108 Å². The van der Waals surface area contributed by atoms with Crippen LogP contribution >= 0.6 is 0 Å². The Kier molecular flexibility index (Phi) is 3.60. The van der Waals surface area contributed by atoms with Crippen LogP contribution in [0.1, 0.15) is 49.9 Å². The lowest BCUT2D eigenvalue weighted by molar-refractivity contribution is 0.00371. The lowest BCUT2D eigenvalue weighted by Crippen LogP contribution is -2.30. The van der Waals surface area contributed by atoms with Crippen LogP contribution in [-0.4, -0.2) is 17.2 Å². The van der Waals surface area contributed by atoms with Gasteiger partial charge in [-0.05, 0) is 43.2 Å². The molecule has 98 valence electrons. The number of hydrogen-bond donors (Lipinski definition) is 1. The van der Waals surface area contributed by atoms with E-state index >= 15 is 0 Å². The summed E-state index contributed by atoms with van der Waals surface area (Å²) in [6.45, 7) is 4.40. The average Bonchev–Trinajstić information content (AvgIpc) is 2.28. The minimum atomic E-state index is -0.421. The molecule has 1 aromatic rings. The molecular formula is C15H20O3. The molecule has 1 saturated carbocycles. The summed E-state index contributed by atoms with van der Waals surface area (Å²) in [6, 6.07) is 6.50. The Morgan fingerprint density at radius 2 is 2.11 bits per heavy atom. The van der Waals surface area contributed by atoms with Crippen molar-refractivity contribution >= 4 is 5.97 Å². The number of phenolic OH excluding ortho intramolecular Hbond substituents is 1. The van der Waals surface area contributed by atoms with Gasteiger partial charge in [-0.3, -0.25) is 0 Å². The quantitative estimate of drug-likeness (QED) is 0.814. The number of ether oxygens (including phenoxy) is 1. The molecule has 1 aliphatic carbocycles. The van der Waals surface area contributed by atoms with Crippen molar-refractivity contribution in [2.75, 3.05) is 0 Å². The summed E-state index contributed by atoms with van der Waals surface area (Å²) < 4.78 is 5.49. The van der Waals surface area contributed by atoms with E-state index in [1.807, 2.05) is 0 Å². The molecule has 0 spiro atoms. The number of aromatic hydroxyl groups is 1. The fourth-order valence-electron chi connectivity index (χ4n) is 2.59. The van der Waals surface area contributed by atoms with Gasteiger partial charge in [-0.1, -0.05) is 26.0 Å². The first-order chi connectivity index (χ1) is 8.48. The van der Waals surface area contributed by atoms with E-state index in [1.54, 1.807) is 18.2 Å². The van der Waals surface area contributed by atoms with Crippen molar-refractivity contribution in [1.82, 2.24) is 0 Å². The van der Waals surface area contributed by atoms with Crippen LogP contribution in [0.4, 0.5) is 0 Å².